The number of ether oxygens (including phenoxy) is 1. The second-order valence-corrected chi connectivity index (χ2v) is 9.46. The number of rotatable bonds is 8. The highest BCUT2D eigenvalue weighted by Gasteiger charge is 2.17. The molecule has 0 aliphatic carbocycles. The Bertz CT molecular complexity index is 1210. The number of nitrogens with one attached hydrogen (secondary N) is 1. The van der Waals surface area contributed by atoms with Crippen LogP contribution in [0.4, 0.5) is 5.82 Å². The first-order valence-corrected chi connectivity index (χ1v) is 11.7. The molecule has 0 saturated heterocycles. The highest BCUT2D eigenvalue weighted by Crippen LogP contribution is 2.35. The molecule has 0 amide bonds. The molecule has 2 heterocycles. The minimum atomic E-state index is 0.149. The number of benzene rings is 2. The summed E-state index contributed by atoms with van der Waals surface area (Å²) in [5.41, 5.74) is 3.69. The Balaban J connectivity index is 1.60. The highest BCUT2D eigenvalue weighted by molar-refractivity contribution is 7.18. The van der Waals surface area contributed by atoms with Gasteiger partial charge in [-0.3, -0.25) is 4.90 Å². The summed E-state index contributed by atoms with van der Waals surface area (Å²) in [7, 11) is 3.79. The van der Waals surface area contributed by atoms with Crippen molar-refractivity contribution in [3.05, 3.63) is 82.0 Å². The molecule has 1 atom stereocenters. The third-order valence-corrected chi connectivity index (χ3v) is 6.83. The van der Waals surface area contributed by atoms with E-state index in [1.165, 1.54) is 21.6 Å². The lowest BCUT2D eigenvalue weighted by Crippen LogP contribution is -2.19. The van der Waals surface area contributed by atoms with Gasteiger partial charge in [-0.2, -0.15) is 0 Å². The van der Waals surface area contributed by atoms with Crippen LogP contribution in [-0.4, -0.2) is 29.0 Å². The molecule has 2 aromatic carbocycles. The van der Waals surface area contributed by atoms with Gasteiger partial charge >= 0.3 is 0 Å². The Kier molecular flexibility index (Phi) is 6.72. The van der Waals surface area contributed by atoms with E-state index in [1.807, 2.05) is 18.2 Å². The van der Waals surface area contributed by atoms with E-state index in [4.69, 9.17) is 14.7 Å². The Labute approximate surface area is 194 Å². The zero-order valence-corrected chi connectivity index (χ0v) is 20.2. The normalized spacial score (nSPS) is 12.3. The van der Waals surface area contributed by atoms with Crippen LogP contribution in [0.15, 0.2) is 54.6 Å². The second-order valence-electron chi connectivity index (χ2n) is 8.25. The van der Waals surface area contributed by atoms with Gasteiger partial charge in [0.25, 0.3) is 0 Å². The monoisotopic (exact) mass is 446 g/mol. The van der Waals surface area contributed by atoms with Crippen LogP contribution in [0.25, 0.3) is 10.2 Å². The number of anilines is 1. The minimum Gasteiger partial charge on any atom is -0.497 e. The maximum Gasteiger partial charge on any atom is 0.146 e. The number of methoxy groups -OCH3 is 1. The number of aromatic nitrogens is 2. The second kappa shape index (κ2) is 9.67. The van der Waals surface area contributed by atoms with Gasteiger partial charge in [-0.05, 0) is 56.6 Å². The SMILES string of the molecule is COc1cccc(CN(C)Cc2nc(NC(C)c3ccccc3)c3c(C)c(C)sc3n2)c1. The summed E-state index contributed by atoms with van der Waals surface area (Å²) >= 11 is 1.74. The fraction of sp³-hybridized carbons (Fsp3) is 0.308. The topological polar surface area (TPSA) is 50.3 Å². The van der Waals surface area contributed by atoms with Crippen LogP contribution in [0, 0.1) is 13.8 Å². The summed E-state index contributed by atoms with van der Waals surface area (Å²) in [6.45, 7) is 7.94. The van der Waals surface area contributed by atoms with E-state index in [-0.39, 0.29) is 6.04 Å². The summed E-state index contributed by atoms with van der Waals surface area (Å²) < 4.78 is 5.36. The number of hydrogen-bond donors (Lipinski definition) is 1. The van der Waals surface area contributed by atoms with Crippen molar-refractivity contribution >= 4 is 27.4 Å². The maximum atomic E-state index is 5.36. The molecule has 32 heavy (non-hydrogen) atoms. The zero-order chi connectivity index (χ0) is 22.7. The molecule has 0 aliphatic rings. The third kappa shape index (κ3) is 4.92. The van der Waals surface area contributed by atoms with Crippen LogP contribution in [0.5, 0.6) is 5.75 Å². The molecule has 0 aliphatic heterocycles. The smallest absolute Gasteiger partial charge is 0.146 e. The lowest BCUT2D eigenvalue weighted by molar-refractivity contribution is 0.310. The molecular formula is C26H30N4OS. The van der Waals surface area contributed by atoms with E-state index in [0.29, 0.717) is 6.54 Å². The number of hydrogen-bond acceptors (Lipinski definition) is 6. The van der Waals surface area contributed by atoms with Crippen LogP contribution in [0.2, 0.25) is 0 Å². The summed E-state index contributed by atoms with van der Waals surface area (Å²) in [4.78, 5) is 14.4. The van der Waals surface area contributed by atoms with Gasteiger partial charge in [0.1, 0.15) is 22.2 Å². The molecule has 166 valence electrons. The van der Waals surface area contributed by atoms with E-state index in [1.54, 1.807) is 18.4 Å². The van der Waals surface area contributed by atoms with Crippen LogP contribution in [0.1, 0.15) is 40.4 Å². The molecule has 4 rings (SSSR count). The standard InChI is InChI=1S/C26H30N4OS/c1-17-19(3)32-26-24(17)25(27-18(2)21-11-7-6-8-12-21)28-23(29-26)16-30(4)15-20-10-9-13-22(14-20)31-5/h6-14,18H,15-16H2,1-5H3,(H,27,28,29). The predicted octanol–water partition coefficient (Wildman–Crippen LogP) is 6.12. The van der Waals surface area contributed by atoms with Crippen LogP contribution < -0.4 is 10.1 Å². The van der Waals surface area contributed by atoms with Gasteiger partial charge < -0.3 is 10.1 Å². The molecule has 0 saturated carbocycles. The number of nitrogens with zero attached hydrogens (tertiary/aromatic N) is 3. The average molecular weight is 447 g/mol. The van der Waals surface area contributed by atoms with Crippen LogP contribution in [-0.2, 0) is 13.1 Å². The van der Waals surface area contributed by atoms with Crippen molar-refractivity contribution in [1.29, 1.82) is 0 Å². The van der Waals surface area contributed by atoms with E-state index < -0.39 is 0 Å². The molecular weight excluding hydrogens is 416 g/mol. The van der Waals surface area contributed by atoms with Crippen molar-refractivity contribution in [2.75, 3.05) is 19.5 Å². The molecule has 2 aromatic heterocycles. The molecule has 0 spiro atoms. The van der Waals surface area contributed by atoms with Crippen molar-refractivity contribution in [1.82, 2.24) is 14.9 Å². The number of fused-ring (bicyclic) bond motifs is 1. The molecule has 0 fully saturated rings. The largest absolute Gasteiger partial charge is 0.497 e. The highest BCUT2D eigenvalue weighted by atomic mass is 32.1. The van der Waals surface area contributed by atoms with Crippen molar-refractivity contribution in [3.8, 4) is 5.75 Å². The van der Waals surface area contributed by atoms with E-state index in [9.17, 15) is 0 Å². The van der Waals surface area contributed by atoms with Crippen LogP contribution in [0.3, 0.4) is 0 Å². The molecule has 4 aromatic rings. The van der Waals surface area contributed by atoms with Gasteiger partial charge in [0, 0.05) is 17.5 Å². The first-order chi connectivity index (χ1) is 15.4. The maximum absolute atomic E-state index is 5.36. The predicted molar refractivity (Wildman–Crippen MR) is 134 cm³/mol. The molecule has 1 N–H and O–H groups in total. The van der Waals surface area contributed by atoms with Gasteiger partial charge in [-0.1, -0.05) is 42.5 Å². The summed E-state index contributed by atoms with van der Waals surface area (Å²) in [6.07, 6.45) is 0. The first-order valence-electron chi connectivity index (χ1n) is 10.8. The van der Waals surface area contributed by atoms with Crippen molar-refractivity contribution in [2.45, 2.75) is 39.9 Å². The minimum absolute atomic E-state index is 0.149. The summed E-state index contributed by atoms with van der Waals surface area (Å²) in [5.74, 6) is 2.62. The molecule has 0 radical (unpaired) electrons. The van der Waals surface area contributed by atoms with Gasteiger partial charge in [-0.15, -0.1) is 11.3 Å². The van der Waals surface area contributed by atoms with Crippen molar-refractivity contribution in [2.24, 2.45) is 0 Å². The van der Waals surface area contributed by atoms with Gasteiger partial charge in [0.05, 0.1) is 19.0 Å². The fourth-order valence-corrected chi connectivity index (χ4v) is 4.93. The van der Waals surface area contributed by atoms with E-state index in [0.717, 1.165) is 34.2 Å². The lowest BCUT2D eigenvalue weighted by atomic mass is 10.1. The van der Waals surface area contributed by atoms with Crippen molar-refractivity contribution < 1.29 is 4.74 Å². The number of thiophene rings is 1. The third-order valence-electron chi connectivity index (χ3n) is 5.73. The zero-order valence-electron chi connectivity index (χ0n) is 19.3. The molecule has 6 heteroatoms. The van der Waals surface area contributed by atoms with Gasteiger partial charge in [0.15, 0.2) is 0 Å². The number of aryl methyl sites for hydroxylation is 2. The van der Waals surface area contributed by atoms with Crippen molar-refractivity contribution in [3.63, 3.8) is 0 Å². The van der Waals surface area contributed by atoms with Gasteiger partial charge in [0.2, 0.25) is 0 Å². The Hall–Kier alpha value is -2.96. The lowest BCUT2D eigenvalue weighted by Gasteiger charge is -2.19. The summed E-state index contributed by atoms with van der Waals surface area (Å²) in [5, 5.41) is 4.79. The quantitative estimate of drug-likeness (QED) is 0.353. The average Bonchev–Trinajstić information content (AvgIpc) is 3.07. The Morgan fingerprint density at radius 3 is 2.56 bits per heavy atom. The fourth-order valence-electron chi connectivity index (χ4n) is 3.88. The molecule has 5 nitrogen and oxygen atoms in total. The van der Waals surface area contributed by atoms with E-state index >= 15 is 0 Å². The molecule has 1 unspecified atom stereocenters. The Morgan fingerprint density at radius 2 is 1.81 bits per heavy atom. The van der Waals surface area contributed by atoms with Gasteiger partial charge in [-0.25, -0.2) is 9.97 Å². The van der Waals surface area contributed by atoms with Crippen LogP contribution >= 0.6 is 11.3 Å². The molecule has 0 bridgehead atoms. The Morgan fingerprint density at radius 1 is 1.03 bits per heavy atom. The first kappa shape index (κ1) is 22.2. The summed E-state index contributed by atoms with van der Waals surface area (Å²) in [6, 6.07) is 18.8. The van der Waals surface area contributed by atoms with E-state index in [2.05, 4.69) is 74.4 Å².